The van der Waals surface area contributed by atoms with Gasteiger partial charge in [0, 0.05) is 13.2 Å². The van der Waals surface area contributed by atoms with Crippen molar-refractivity contribution in [1.29, 1.82) is 0 Å². The van der Waals surface area contributed by atoms with E-state index in [-0.39, 0.29) is 0 Å². The molecular weight excluding hydrogens is 102 g/mol. The zero-order valence-electron chi connectivity index (χ0n) is 4.93. The largest absolute Gasteiger partial charge is 0.396 e. The summed E-state index contributed by atoms with van der Waals surface area (Å²) in [7, 11) is 0. The van der Waals surface area contributed by atoms with Crippen molar-refractivity contribution in [2.24, 2.45) is 5.92 Å². The van der Waals surface area contributed by atoms with Gasteiger partial charge in [0.1, 0.15) is 0 Å². The van der Waals surface area contributed by atoms with Gasteiger partial charge in [0.2, 0.25) is 0 Å². The molecule has 0 aromatic rings. The van der Waals surface area contributed by atoms with E-state index in [1.54, 1.807) is 0 Å². The number of piperidine rings is 1. The van der Waals surface area contributed by atoms with Gasteiger partial charge in [-0.05, 0) is 25.3 Å². The molecule has 0 bridgehead atoms. The van der Waals surface area contributed by atoms with Crippen LogP contribution in [0.5, 0.6) is 0 Å². The van der Waals surface area contributed by atoms with Crippen molar-refractivity contribution < 1.29 is 5.11 Å². The van der Waals surface area contributed by atoms with Gasteiger partial charge in [-0.3, -0.25) is 0 Å². The van der Waals surface area contributed by atoms with E-state index in [1.165, 1.54) is 0 Å². The topological polar surface area (TPSA) is 32.3 Å². The van der Waals surface area contributed by atoms with Gasteiger partial charge in [0.05, 0.1) is 0 Å². The molecule has 0 saturated carbocycles. The van der Waals surface area contributed by atoms with Crippen LogP contribution in [0, 0.1) is 12.5 Å². The second kappa shape index (κ2) is 3.05. The number of aliphatic hydroxyl groups excluding tert-OH is 1. The molecule has 1 atom stereocenters. The maximum atomic E-state index is 8.64. The van der Waals surface area contributed by atoms with Gasteiger partial charge in [-0.15, -0.1) is 0 Å². The average Bonchev–Trinajstić information content (AvgIpc) is 1.90. The molecule has 0 spiro atoms. The van der Waals surface area contributed by atoms with Crippen molar-refractivity contribution >= 4 is 0 Å². The van der Waals surface area contributed by atoms with E-state index in [9.17, 15) is 0 Å². The molecule has 1 heterocycles. The van der Waals surface area contributed by atoms with Crippen molar-refractivity contribution in [2.45, 2.75) is 12.8 Å². The van der Waals surface area contributed by atoms with E-state index in [0.717, 1.165) is 19.4 Å². The number of hydrogen-bond acceptors (Lipinski definition) is 2. The standard InChI is InChI=1S/C6H12NO/c8-5-6-1-3-7-4-2-6/h3,6-8H,1-2,4-5H2. The van der Waals surface area contributed by atoms with Crippen molar-refractivity contribution in [1.82, 2.24) is 5.32 Å². The molecule has 2 heteroatoms. The third-order valence-electron chi connectivity index (χ3n) is 1.55. The second-order valence-electron chi connectivity index (χ2n) is 2.23. The summed E-state index contributed by atoms with van der Waals surface area (Å²) in [6, 6.07) is 0. The molecule has 0 amide bonds. The molecule has 2 N–H and O–H groups in total. The number of aliphatic hydroxyl groups is 1. The van der Waals surface area contributed by atoms with Crippen molar-refractivity contribution in [3.63, 3.8) is 0 Å². The summed E-state index contributed by atoms with van der Waals surface area (Å²) in [4.78, 5) is 0. The van der Waals surface area contributed by atoms with Crippen LogP contribution in [0.1, 0.15) is 12.8 Å². The lowest BCUT2D eigenvalue weighted by Crippen LogP contribution is -2.25. The van der Waals surface area contributed by atoms with Gasteiger partial charge in [-0.1, -0.05) is 0 Å². The Bertz CT molecular complexity index is 59.5. The van der Waals surface area contributed by atoms with E-state index < -0.39 is 0 Å². The molecule has 0 aliphatic carbocycles. The molecule has 1 unspecified atom stereocenters. The molecule has 1 saturated heterocycles. The normalized spacial score (nSPS) is 23.6. The number of rotatable bonds is 1. The fourth-order valence-corrected chi connectivity index (χ4v) is 0.923. The summed E-state index contributed by atoms with van der Waals surface area (Å²) in [5.41, 5.74) is 0. The molecule has 1 aliphatic rings. The number of hydrogen-bond donors (Lipinski definition) is 2. The predicted molar refractivity (Wildman–Crippen MR) is 32.1 cm³/mol. The summed E-state index contributed by atoms with van der Waals surface area (Å²) >= 11 is 0. The quantitative estimate of drug-likeness (QED) is 0.508. The van der Waals surface area contributed by atoms with E-state index in [4.69, 9.17) is 5.11 Å². The second-order valence-corrected chi connectivity index (χ2v) is 2.23. The van der Waals surface area contributed by atoms with Gasteiger partial charge in [-0.2, -0.15) is 0 Å². The minimum absolute atomic E-state index is 0.345. The SMILES string of the molecule is OCC1C[CH]NCC1. The van der Waals surface area contributed by atoms with Gasteiger partial charge in [0.15, 0.2) is 0 Å². The predicted octanol–water partition coefficient (Wildman–Crippen LogP) is 0.140. The Morgan fingerprint density at radius 3 is 3.00 bits per heavy atom. The highest BCUT2D eigenvalue weighted by atomic mass is 16.3. The minimum atomic E-state index is 0.345. The average molecular weight is 114 g/mol. The molecule has 1 rings (SSSR count). The third kappa shape index (κ3) is 1.46. The summed E-state index contributed by atoms with van der Waals surface area (Å²) < 4.78 is 0. The first kappa shape index (κ1) is 6.05. The van der Waals surface area contributed by atoms with Gasteiger partial charge < -0.3 is 10.4 Å². The lowest BCUT2D eigenvalue weighted by molar-refractivity contribution is 0.205. The Hall–Kier alpha value is -0.0800. The molecule has 1 radical (unpaired) electrons. The van der Waals surface area contributed by atoms with E-state index >= 15 is 0 Å². The first-order valence-corrected chi connectivity index (χ1v) is 3.09. The van der Waals surface area contributed by atoms with Gasteiger partial charge in [-0.25, -0.2) is 0 Å². The Kier molecular flexibility index (Phi) is 2.30. The van der Waals surface area contributed by atoms with Crippen molar-refractivity contribution in [3.05, 3.63) is 6.54 Å². The number of nitrogens with one attached hydrogen (secondary N) is 1. The summed E-state index contributed by atoms with van der Waals surface area (Å²) in [6.07, 6.45) is 2.14. The molecule has 1 aliphatic heterocycles. The fraction of sp³-hybridized carbons (Fsp3) is 0.833. The Labute approximate surface area is 49.9 Å². The van der Waals surface area contributed by atoms with E-state index in [1.807, 2.05) is 6.54 Å². The highest BCUT2D eigenvalue weighted by molar-refractivity contribution is 4.75. The maximum absolute atomic E-state index is 8.64. The van der Waals surface area contributed by atoms with Crippen LogP contribution in [0.25, 0.3) is 0 Å². The van der Waals surface area contributed by atoms with Crippen molar-refractivity contribution in [2.75, 3.05) is 13.2 Å². The Morgan fingerprint density at radius 2 is 2.62 bits per heavy atom. The summed E-state index contributed by atoms with van der Waals surface area (Å²) in [5.74, 6) is 0.524. The molecule has 47 valence electrons. The maximum Gasteiger partial charge on any atom is 0.0460 e. The molecule has 2 nitrogen and oxygen atoms in total. The lowest BCUT2D eigenvalue weighted by atomic mass is 10.00. The zero-order valence-corrected chi connectivity index (χ0v) is 4.93. The summed E-state index contributed by atoms with van der Waals surface area (Å²) in [5, 5.41) is 11.8. The summed E-state index contributed by atoms with van der Waals surface area (Å²) in [6.45, 7) is 3.41. The lowest BCUT2D eigenvalue weighted by Gasteiger charge is -2.19. The van der Waals surface area contributed by atoms with Crippen LogP contribution in [0.4, 0.5) is 0 Å². The first-order chi connectivity index (χ1) is 3.93. The van der Waals surface area contributed by atoms with Crippen LogP contribution in [-0.2, 0) is 0 Å². The van der Waals surface area contributed by atoms with Crippen LogP contribution < -0.4 is 5.32 Å². The molecule has 1 fully saturated rings. The smallest absolute Gasteiger partial charge is 0.0460 e. The third-order valence-corrected chi connectivity index (χ3v) is 1.55. The van der Waals surface area contributed by atoms with Gasteiger partial charge >= 0.3 is 0 Å². The fourth-order valence-electron chi connectivity index (χ4n) is 0.923. The van der Waals surface area contributed by atoms with Crippen LogP contribution in [0.2, 0.25) is 0 Å². The molecule has 0 aromatic carbocycles. The molecule has 0 aromatic heterocycles. The first-order valence-electron chi connectivity index (χ1n) is 3.09. The Morgan fingerprint density at radius 1 is 1.75 bits per heavy atom. The van der Waals surface area contributed by atoms with Crippen LogP contribution in [0.3, 0.4) is 0 Å². The monoisotopic (exact) mass is 114 g/mol. The van der Waals surface area contributed by atoms with Crippen LogP contribution >= 0.6 is 0 Å². The highest BCUT2D eigenvalue weighted by Crippen LogP contribution is 2.11. The van der Waals surface area contributed by atoms with Crippen molar-refractivity contribution in [3.8, 4) is 0 Å². The Balaban J connectivity index is 2.13. The molecule has 8 heavy (non-hydrogen) atoms. The zero-order chi connectivity index (χ0) is 5.82. The van der Waals surface area contributed by atoms with Crippen LogP contribution in [0.15, 0.2) is 0 Å². The highest BCUT2D eigenvalue weighted by Gasteiger charge is 2.10. The van der Waals surface area contributed by atoms with E-state index in [0.29, 0.717) is 12.5 Å². The van der Waals surface area contributed by atoms with Gasteiger partial charge in [0.25, 0.3) is 0 Å². The van der Waals surface area contributed by atoms with E-state index in [2.05, 4.69) is 5.32 Å². The van der Waals surface area contributed by atoms with Crippen LogP contribution in [-0.4, -0.2) is 18.3 Å². The molecular formula is C6H12NO. The minimum Gasteiger partial charge on any atom is -0.396 e.